The van der Waals surface area contributed by atoms with Gasteiger partial charge in [0.25, 0.3) is 0 Å². The molecule has 0 aliphatic carbocycles. The molecular weight excluding hydrogens is 515 g/mol. The van der Waals surface area contributed by atoms with Crippen LogP contribution in [0.1, 0.15) is 23.6 Å². The van der Waals surface area contributed by atoms with Crippen LogP contribution in [0.2, 0.25) is 0 Å². The van der Waals surface area contributed by atoms with Crippen LogP contribution >= 0.6 is 10.6 Å². The zero-order valence-electron chi connectivity index (χ0n) is 19.9. The summed E-state index contributed by atoms with van der Waals surface area (Å²) in [4.78, 5) is 28.7. The van der Waals surface area contributed by atoms with Crippen molar-refractivity contribution in [3.05, 3.63) is 53.6 Å². The standard InChI is InChI=1S/C24H28F3N3O6S/c1-29(23(33)10-15-5-6-21-19(9-15)28-22(32)14-37(21,34)35)20(13-30-8-7-17(31)12-30)16-3-2-4-18(11-16)36-24(25,26)27/h2-6,9,11,17,20,31,34-35H,7-8,10,12-14H2,1H3,(H,28,32)/t17?,20-/m1/s1. The number of alkyl halides is 3. The lowest BCUT2D eigenvalue weighted by molar-refractivity contribution is -0.274. The van der Waals surface area contributed by atoms with Crippen molar-refractivity contribution in [2.75, 3.05) is 37.8 Å². The number of anilines is 1. The van der Waals surface area contributed by atoms with E-state index >= 15 is 0 Å². The predicted octanol–water partition coefficient (Wildman–Crippen LogP) is 3.46. The molecule has 0 saturated carbocycles. The van der Waals surface area contributed by atoms with Crippen molar-refractivity contribution >= 4 is 28.1 Å². The van der Waals surface area contributed by atoms with Gasteiger partial charge < -0.3 is 20.1 Å². The predicted molar refractivity (Wildman–Crippen MR) is 130 cm³/mol. The third-order valence-electron chi connectivity index (χ3n) is 6.37. The number of halogens is 3. The number of β-amino-alcohol motifs (C(OH)–C–C–N with tert-alkyl or cyclic N) is 1. The highest BCUT2D eigenvalue weighted by Crippen LogP contribution is 2.53. The highest BCUT2D eigenvalue weighted by Gasteiger charge is 2.33. The van der Waals surface area contributed by atoms with E-state index in [4.69, 9.17) is 0 Å². The molecule has 1 saturated heterocycles. The summed E-state index contributed by atoms with van der Waals surface area (Å²) < 4.78 is 62.8. The highest BCUT2D eigenvalue weighted by atomic mass is 32.3. The van der Waals surface area contributed by atoms with Crippen LogP contribution in [-0.2, 0) is 16.0 Å². The Bertz CT molecular complexity index is 1180. The third-order valence-corrected chi connectivity index (χ3v) is 8.10. The van der Waals surface area contributed by atoms with Crippen LogP contribution in [0.3, 0.4) is 0 Å². The number of nitrogens with one attached hydrogen (secondary N) is 1. The number of hydrogen-bond acceptors (Lipinski definition) is 7. The van der Waals surface area contributed by atoms with E-state index in [0.717, 1.165) is 0 Å². The fourth-order valence-electron chi connectivity index (χ4n) is 4.58. The van der Waals surface area contributed by atoms with Gasteiger partial charge in [-0.2, -0.15) is 10.6 Å². The Hall–Kier alpha value is -2.84. The van der Waals surface area contributed by atoms with Crippen LogP contribution in [0.25, 0.3) is 0 Å². The minimum Gasteiger partial charge on any atom is -0.406 e. The topological polar surface area (TPSA) is 123 Å². The van der Waals surface area contributed by atoms with Crippen molar-refractivity contribution in [2.24, 2.45) is 0 Å². The van der Waals surface area contributed by atoms with E-state index < -0.39 is 46.5 Å². The summed E-state index contributed by atoms with van der Waals surface area (Å²) in [7, 11) is -1.71. The number of amides is 2. The second-order valence-corrected chi connectivity index (χ2v) is 11.3. The normalized spacial score (nSPS) is 21.1. The molecule has 2 aromatic carbocycles. The number of rotatable bonds is 7. The lowest BCUT2D eigenvalue weighted by atomic mass is 10.0. The number of likely N-dealkylation sites (N-methyl/N-ethyl adjacent to an activating group) is 1. The van der Waals surface area contributed by atoms with Gasteiger partial charge in [-0.05, 0) is 41.8 Å². The number of aliphatic hydroxyl groups is 1. The minimum atomic E-state index is -4.86. The molecule has 1 unspecified atom stereocenters. The van der Waals surface area contributed by atoms with Gasteiger partial charge in [-0.15, -0.1) is 13.2 Å². The van der Waals surface area contributed by atoms with Crippen LogP contribution in [-0.4, -0.2) is 80.7 Å². The molecule has 0 radical (unpaired) electrons. The Morgan fingerprint density at radius 3 is 2.70 bits per heavy atom. The smallest absolute Gasteiger partial charge is 0.406 e. The average Bonchev–Trinajstić information content (AvgIpc) is 3.19. The number of aliphatic hydroxyl groups excluding tert-OH is 1. The molecule has 2 atom stereocenters. The maximum absolute atomic E-state index is 13.3. The lowest BCUT2D eigenvalue weighted by Gasteiger charge is -2.37. The molecule has 4 N–H and O–H groups in total. The van der Waals surface area contributed by atoms with E-state index in [-0.39, 0.29) is 29.5 Å². The highest BCUT2D eigenvalue weighted by molar-refractivity contribution is 8.25. The third kappa shape index (κ3) is 6.73. The molecule has 2 aliphatic heterocycles. The summed E-state index contributed by atoms with van der Waals surface area (Å²) in [5.41, 5.74) is 1.17. The van der Waals surface area contributed by atoms with Crippen LogP contribution in [0.5, 0.6) is 5.75 Å². The molecular formula is C24H28F3N3O6S. The van der Waals surface area contributed by atoms with E-state index in [1.54, 1.807) is 19.2 Å². The Morgan fingerprint density at radius 1 is 1.27 bits per heavy atom. The molecule has 2 aliphatic rings. The van der Waals surface area contributed by atoms with Crippen molar-refractivity contribution < 1.29 is 41.7 Å². The number of nitrogens with zero attached hydrogens (tertiary/aromatic N) is 2. The maximum Gasteiger partial charge on any atom is 0.573 e. The Kier molecular flexibility index (Phi) is 7.72. The van der Waals surface area contributed by atoms with Gasteiger partial charge in [-0.1, -0.05) is 18.2 Å². The molecule has 0 spiro atoms. The van der Waals surface area contributed by atoms with E-state index in [1.165, 1.54) is 35.2 Å². The molecule has 2 amide bonds. The molecule has 202 valence electrons. The number of likely N-dealkylation sites (tertiary alicyclic amines) is 1. The van der Waals surface area contributed by atoms with Crippen molar-refractivity contribution in [1.29, 1.82) is 0 Å². The maximum atomic E-state index is 13.3. The molecule has 13 heteroatoms. The Labute approximate surface area is 213 Å². The van der Waals surface area contributed by atoms with E-state index in [1.807, 2.05) is 4.90 Å². The van der Waals surface area contributed by atoms with Crippen molar-refractivity contribution in [1.82, 2.24) is 9.80 Å². The number of ether oxygens (including phenoxy) is 1. The first kappa shape index (κ1) is 27.2. The van der Waals surface area contributed by atoms with Gasteiger partial charge >= 0.3 is 6.36 Å². The molecule has 37 heavy (non-hydrogen) atoms. The van der Waals surface area contributed by atoms with E-state index in [2.05, 4.69) is 10.1 Å². The van der Waals surface area contributed by atoms with Crippen LogP contribution in [0.15, 0.2) is 47.4 Å². The molecule has 0 aromatic heterocycles. The summed E-state index contributed by atoms with van der Waals surface area (Å²) in [6.07, 6.45) is -4.92. The molecule has 0 bridgehead atoms. The summed E-state index contributed by atoms with van der Waals surface area (Å²) in [6.45, 7) is 1.25. The first-order valence-electron chi connectivity index (χ1n) is 11.5. The fourth-order valence-corrected chi connectivity index (χ4v) is 5.92. The van der Waals surface area contributed by atoms with Gasteiger partial charge in [0.05, 0.1) is 29.1 Å². The van der Waals surface area contributed by atoms with Crippen molar-refractivity contribution in [2.45, 2.75) is 36.2 Å². The summed E-state index contributed by atoms with van der Waals surface area (Å²) >= 11 is 0. The second kappa shape index (κ2) is 10.5. The largest absolute Gasteiger partial charge is 0.573 e. The average molecular weight is 544 g/mol. The number of hydrogen-bond donors (Lipinski definition) is 4. The van der Waals surface area contributed by atoms with Gasteiger partial charge in [-0.3, -0.25) is 23.6 Å². The zero-order chi connectivity index (χ0) is 27.0. The Morgan fingerprint density at radius 2 is 2.03 bits per heavy atom. The van der Waals surface area contributed by atoms with Crippen LogP contribution in [0.4, 0.5) is 18.9 Å². The summed E-state index contributed by atoms with van der Waals surface area (Å²) in [5.74, 6) is -1.71. The summed E-state index contributed by atoms with van der Waals surface area (Å²) in [6, 6.07) is 9.37. The van der Waals surface area contributed by atoms with Crippen LogP contribution in [0, 0.1) is 0 Å². The van der Waals surface area contributed by atoms with Gasteiger partial charge in [0, 0.05) is 26.7 Å². The lowest BCUT2D eigenvalue weighted by Crippen LogP contribution is -2.39. The molecule has 9 nitrogen and oxygen atoms in total. The number of carbonyl (C=O) groups excluding carboxylic acids is 2. The van der Waals surface area contributed by atoms with E-state index in [9.17, 15) is 37.0 Å². The molecule has 4 rings (SSSR count). The minimum absolute atomic E-state index is 0.100. The zero-order valence-corrected chi connectivity index (χ0v) is 20.8. The number of carbonyl (C=O) groups is 2. The SMILES string of the molecule is CN(C(=O)Cc1ccc2c(c1)NC(=O)CS2(O)O)[C@H](CN1CCC(O)C1)c1cccc(OC(F)(F)F)c1. The fraction of sp³-hybridized carbons (Fsp3) is 0.417. The first-order chi connectivity index (χ1) is 17.3. The molecule has 2 aromatic rings. The Balaban J connectivity index is 1.56. The van der Waals surface area contributed by atoms with Gasteiger partial charge in [0.15, 0.2) is 0 Å². The van der Waals surface area contributed by atoms with Gasteiger partial charge in [0.1, 0.15) is 11.5 Å². The molecule has 1 fully saturated rings. The van der Waals surface area contributed by atoms with Crippen molar-refractivity contribution in [3.63, 3.8) is 0 Å². The second-order valence-electron chi connectivity index (χ2n) is 9.21. The van der Waals surface area contributed by atoms with Crippen LogP contribution < -0.4 is 10.1 Å². The monoisotopic (exact) mass is 543 g/mol. The molecule has 2 heterocycles. The van der Waals surface area contributed by atoms with Gasteiger partial charge in [0.2, 0.25) is 11.8 Å². The van der Waals surface area contributed by atoms with Gasteiger partial charge in [-0.25, -0.2) is 0 Å². The van der Waals surface area contributed by atoms with Crippen molar-refractivity contribution in [3.8, 4) is 5.75 Å². The summed E-state index contributed by atoms with van der Waals surface area (Å²) in [5, 5.41) is 12.5. The first-order valence-corrected chi connectivity index (χ1v) is 13.2. The number of fused-ring (bicyclic) bond motifs is 1. The quantitative estimate of drug-likeness (QED) is 0.422. The van der Waals surface area contributed by atoms with E-state index in [0.29, 0.717) is 30.6 Å². The number of benzene rings is 2.